The summed E-state index contributed by atoms with van der Waals surface area (Å²) in [5, 5.41) is 10.7. The van der Waals surface area contributed by atoms with Gasteiger partial charge in [-0.05, 0) is 89.9 Å². The second kappa shape index (κ2) is 77.9. The molecule has 0 heterocycles. The van der Waals surface area contributed by atoms with Crippen molar-refractivity contribution >= 4 is 39.5 Å². The van der Waals surface area contributed by atoms with Crippen molar-refractivity contribution in [3.05, 3.63) is 60.8 Å². The van der Waals surface area contributed by atoms with Gasteiger partial charge in [-0.1, -0.05) is 345 Å². The number of hydrogen-bond acceptors (Lipinski definition) is 15. The molecule has 19 heteroatoms. The van der Waals surface area contributed by atoms with E-state index in [0.29, 0.717) is 32.1 Å². The quantitative estimate of drug-likeness (QED) is 0.0169. The highest BCUT2D eigenvalue weighted by molar-refractivity contribution is 7.47. The molecular formula is C85H156O17P2. The first-order valence-electron chi connectivity index (χ1n) is 42.5. The Kier molecular flexibility index (Phi) is 75.5. The maximum absolute atomic E-state index is 13.1. The number of aliphatic hydroxyl groups excluding tert-OH is 1. The normalized spacial score (nSPS) is 14.1. The zero-order valence-corrected chi connectivity index (χ0v) is 68.5. The number of hydrogen-bond donors (Lipinski definition) is 3. The van der Waals surface area contributed by atoms with Crippen molar-refractivity contribution in [2.75, 3.05) is 39.6 Å². The lowest BCUT2D eigenvalue weighted by atomic mass is 10.0. The first kappa shape index (κ1) is 101. The number of esters is 4. The van der Waals surface area contributed by atoms with E-state index in [1.165, 1.54) is 205 Å². The molecule has 0 spiro atoms. The molecule has 0 amide bonds. The Morgan fingerprint density at radius 3 is 0.788 bits per heavy atom. The summed E-state index contributed by atoms with van der Waals surface area (Å²) in [7, 11) is -9.96. The summed E-state index contributed by atoms with van der Waals surface area (Å²) in [6.45, 7) is 4.88. The molecule has 0 aromatic heterocycles. The molecule has 0 aromatic rings. The molecule has 0 saturated carbocycles. The van der Waals surface area contributed by atoms with Crippen LogP contribution in [-0.2, 0) is 65.4 Å². The van der Waals surface area contributed by atoms with Crippen LogP contribution in [0.5, 0.6) is 0 Å². The van der Waals surface area contributed by atoms with Crippen LogP contribution in [0.4, 0.5) is 0 Å². The number of aliphatic hydroxyl groups is 1. The Morgan fingerprint density at radius 2 is 0.481 bits per heavy atom. The third kappa shape index (κ3) is 76.9. The minimum absolute atomic E-state index is 0.0216. The molecule has 608 valence electrons. The number of ether oxygens (including phenoxy) is 4. The Hall–Kier alpha value is -3.24. The summed E-state index contributed by atoms with van der Waals surface area (Å²) >= 11 is 0. The van der Waals surface area contributed by atoms with Crippen molar-refractivity contribution in [1.29, 1.82) is 0 Å². The molecule has 0 aromatic carbocycles. The second-order valence-corrected chi connectivity index (χ2v) is 31.7. The molecule has 0 radical (unpaired) electrons. The monoisotopic (exact) mass is 1510 g/mol. The number of phosphoric acid groups is 2. The lowest BCUT2D eigenvalue weighted by molar-refractivity contribution is -0.161. The molecule has 0 saturated heterocycles. The van der Waals surface area contributed by atoms with Crippen LogP contribution >= 0.6 is 15.6 Å². The smallest absolute Gasteiger partial charge is 0.462 e. The average molecular weight is 1510 g/mol. The third-order valence-electron chi connectivity index (χ3n) is 18.5. The Morgan fingerprint density at radius 1 is 0.269 bits per heavy atom. The van der Waals surface area contributed by atoms with E-state index >= 15 is 0 Å². The molecule has 0 rings (SSSR count). The van der Waals surface area contributed by atoms with E-state index in [9.17, 15) is 43.2 Å². The van der Waals surface area contributed by atoms with Gasteiger partial charge in [-0.25, -0.2) is 9.13 Å². The summed E-state index contributed by atoms with van der Waals surface area (Å²) < 4.78 is 68.7. The fourth-order valence-electron chi connectivity index (χ4n) is 12.0. The Balaban J connectivity index is 5.37. The zero-order valence-electron chi connectivity index (χ0n) is 66.7. The van der Waals surface area contributed by atoms with E-state index < -0.39 is 97.5 Å². The SMILES string of the molecule is CCCCC/C=C\C/C=C\C/C=C\C/C=C\CCCC(=O)O[C@H](COC(=O)CCCCCCC/C=C\CCCCCCCC)COP(=O)(O)OC[C@@H](O)COP(=O)(O)OC[C@@H](COC(=O)CCCCCCCCCCCCCCCCCCC)OC(=O)CCCCCCCCCCCCCCCCC. The van der Waals surface area contributed by atoms with Gasteiger partial charge in [0.1, 0.15) is 19.3 Å². The van der Waals surface area contributed by atoms with E-state index in [2.05, 4.69) is 76.3 Å². The van der Waals surface area contributed by atoms with Gasteiger partial charge in [0.2, 0.25) is 0 Å². The van der Waals surface area contributed by atoms with E-state index in [0.717, 1.165) is 109 Å². The van der Waals surface area contributed by atoms with Crippen molar-refractivity contribution in [3.8, 4) is 0 Å². The molecule has 5 atom stereocenters. The molecule has 0 aliphatic carbocycles. The van der Waals surface area contributed by atoms with Gasteiger partial charge >= 0.3 is 39.5 Å². The van der Waals surface area contributed by atoms with E-state index in [1.807, 2.05) is 12.2 Å². The fraction of sp³-hybridized carbons (Fsp3) is 0.835. The van der Waals surface area contributed by atoms with Crippen molar-refractivity contribution in [2.45, 2.75) is 418 Å². The summed E-state index contributed by atoms with van der Waals surface area (Å²) in [6.07, 6.45) is 79.1. The lowest BCUT2D eigenvalue weighted by Crippen LogP contribution is -2.30. The van der Waals surface area contributed by atoms with Crippen LogP contribution in [-0.4, -0.2) is 96.7 Å². The molecule has 17 nitrogen and oxygen atoms in total. The maximum Gasteiger partial charge on any atom is 0.472 e. The number of unbranched alkanes of at least 4 members (excludes halogenated alkanes) is 45. The van der Waals surface area contributed by atoms with Crippen molar-refractivity contribution < 1.29 is 80.2 Å². The van der Waals surface area contributed by atoms with E-state index in [4.69, 9.17) is 37.0 Å². The number of rotatable bonds is 81. The summed E-state index contributed by atoms with van der Waals surface area (Å²) in [5.74, 6) is -2.21. The zero-order chi connectivity index (χ0) is 76.0. The van der Waals surface area contributed by atoms with Crippen LogP contribution < -0.4 is 0 Å². The highest BCUT2D eigenvalue weighted by Gasteiger charge is 2.30. The second-order valence-electron chi connectivity index (χ2n) is 28.8. The molecule has 3 N–H and O–H groups in total. The standard InChI is InChI=1S/C85H156O17P2/c1-5-9-13-17-21-25-29-33-37-39-43-46-50-54-58-62-66-70-83(88)96-76-80(101-84(89)71-67-63-59-55-51-47-42-36-32-28-24-20-16-12-8-4)77-99-103(91,92)97-73-79(86)74-98-104(93,94)100-78-81(75-95-82(87)69-65-61-57-53-49-45-41-35-31-27-23-19-15-11-7-3)102-85(90)72-68-64-60-56-52-48-44-40-38-34-30-26-22-18-14-10-6-2/h22,26,34-35,38,41,44,48,56,60,79-81,86H,5-21,23-25,27-33,36-37,39-40,42-43,45-47,49-55,57-59,61-78H2,1-4H3,(H,91,92)(H,93,94)/b26-22-,38-34-,41-35-,48-44-,60-56-/t79-,80+,81+/m0/s1. The van der Waals surface area contributed by atoms with E-state index in [-0.39, 0.29) is 25.7 Å². The molecule has 104 heavy (non-hydrogen) atoms. The first-order valence-corrected chi connectivity index (χ1v) is 45.5. The number of phosphoric ester groups is 2. The molecule has 2 unspecified atom stereocenters. The maximum atomic E-state index is 13.1. The van der Waals surface area contributed by atoms with Crippen LogP contribution in [0.3, 0.4) is 0 Å². The van der Waals surface area contributed by atoms with Gasteiger partial charge in [0.05, 0.1) is 26.4 Å². The first-order chi connectivity index (χ1) is 50.7. The van der Waals surface area contributed by atoms with Crippen LogP contribution in [0.1, 0.15) is 400 Å². The molecule has 0 aliphatic heterocycles. The van der Waals surface area contributed by atoms with E-state index in [1.54, 1.807) is 0 Å². The highest BCUT2D eigenvalue weighted by atomic mass is 31.2. The van der Waals surface area contributed by atoms with Crippen molar-refractivity contribution in [2.24, 2.45) is 0 Å². The Bertz CT molecular complexity index is 2200. The van der Waals surface area contributed by atoms with Crippen molar-refractivity contribution in [3.63, 3.8) is 0 Å². The van der Waals surface area contributed by atoms with Gasteiger partial charge < -0.3 is 33.8 Å². The van der Waals surface area contributed by atoms with Crippen LogP contribution in [0.25, 0.3) is 0 Å². The topological polar surface area (TPSA) is 237 Å². The third-order valence-corrected chi connectivity index (χ3v) is 20.4. The van der Waals surface area contributed by atoms with Gasteiger partial charge in [0.25, 0.3) is 0 Å². The Labute approximate surface area is 635 Å². The summed E-state index contributed by atoms with van der Waals surface area (Å²) in [4.78, 5) is 73.1. The largest absolute Gasteiger partial charge is 0.472 e. The van der Waals surface area contributed by atoms with Gasteiger partial charge in [0, 0.05) is 25.7 Å². The average Bonchev–Trinajstić information content (AvgIpc) is 1.07. The fourth-order valence-corrected chi connectivity index (χ4v) is 13.6. The van der Waals surface area contributed by atoms with Gasteiger partial charge in [-0.3, -0.25) is 37.3 Å². The number of carbonyl (C=O) groups excluding carboxylic acids is 4. The molecule has 0 fully saturated rings. The number of allylic oxidation sites excluding steroid dienone is 10. The predicted octanol–water partition coefficient (Wildman–Crippen LogP) is 25.0. The molecule has 0 aliphatic rings. The highest BCUT2D eigenvalue weighted by Crippen LogP contribution is 2.45. The summed E-state index contributed by atoms with van der Waals surface area (Å²) in [6, 6.07) is 0. The minimum Gasteiger partial charge on any atom is -0.462 e. The van der Waals surface area contributed by atoms with Crippen LogP contribution in [0.2, 0.25) is 0 Å². The summed E-state index contributed by atoms with van der Waals surface area (Å²) in [5.41, 5.74) is 0. The van der Waals surface area contributed by atoms with Gasteiger partial charge in [-0.2, -0.15) is 0 Å². The van der Waals surface area contributed by atoms with Crippen LogP contribution in [0.15, 0.2) is 60.8 Å². The van der Waals surface area contributed by atoms with Crippen molar-refractivity contribution in [1.82, 2.24) is 0 Å². The molecule has 0 bridgehead atoms. The minimum atomic E-state index is -4.99. The van der Waals surface area contributed by atoms with Crippen LogP contribution in [0, 0.1) is 0 Å². The van der Waals surface area contributed by atoms with Gasteiger partial charge in [0.15, 0.2) is 12.2 Å². The van der Waals surface area contributed by atoms with Gasteiger partial charge in [-0.15, -0.1) is 0 Å². The molecular weight excluding hydrogens is 1350 g/mol. The lowest BCUT2D eigenvalue weighted by Gasteiger charge is -2.21. The predicted molar refractivity (Wildman–Crippen MR) is 427 cm³/mol. The number of carbonyl (C=O) groups is 4.